The number of benzene rings is 1. The summed E-state index contributed by atoms with van der Waals surface area (Å²) in [6.45, 7) is 6.14. The molecule has 1 fully saturated rings. The largest absolute Gasteiger partial charge is 0.494 e. The zero-order valence-electron chi connectivity index (χ0n) is 21.7. The predicted molar refractivity (Wildman–Crippen MR) is 135 cm³/mol. The average Bonchev–Trinajstić information content (AvgIpc) is 3.12. The molecule has 1 saturated carbocycles. The molecule has 3 atom stereocenters. The second kappa shape index (κ2) is 11.3. The second-order valence-corrected chi connectivity index (χ2v) is 10.1. The van der Waals surface area contributed by atoms with Crippen LogP contribution >= 0.6 is 0 Å². The lowest BCUT2D eigenvalue weighted by molar-refractivity contribution is -0.151. The highest BCUT2D eigenvalue weighted by atomic mass is 16.5. The van der Waals surface area contributed by atoms with Crippen molar-refractivity contribution < 1.29 is 28.6 Å². The number of Topliss-reactive ketones (excluding diaryl/α,β-unsaturated/α-hetero) is 1. The van der Waals surface area contributed by atoms with Gasteiger partial charge in [-0.25, -0.2) is 4.79 Å². The van der Waals surface area contributed by atoms with Crippen molar-refractivity contribution in [1.82, 2.24) is 5.32 Å². The van der Waals surface area contributed by atoms with E-state index in [9.17, 15) is 14.4 Å². The van der Waals surface area contributed by atoms with E-state index in [0.29, 0.717) is 35.6 Å². The molecule has 1 aliphatic heterocycles. The first-order valence-corrected chi connectivity index (χ1v) is 13.1. The maximum atomic E-state index is 13.9. The number of rotatable bonds is 6. The highest BCUT2D eigenvalue weighted by molar-refractivity contribution is 6.12. The van der Waals surface area contributed by atoms with Crippen LogP contribution in [0.5, 0.6) is 5.75 Å². The van der Waals surface area contributed by atoms with Gasteiger partial charge in [-0.2, -0.15) is 0 Å². The molecular weight excluding hydrogens is 458 g/mol. The van der Waals surface area contributed by atoms with Crippen molar-refractivity contribution in [2.45, 2.75) is 77.7 Å². The Morgan fingerprint density at radius 1 is 1.11 bits per heavy atom. The van der Waals surface area contributed by atoms with E-state index in [1.807, 2.05) is 45.0 Å². The number of nitrogens with one attached hydrogen (secondary N) is 1. The summed E-state index contributed by atoms with van der Waals surface area (Å²) in [6.07, 6.45) is 6.47. The van der Waals surface area contributed by atoms with E-state index in [1.54, 1.807) is 0 Å². The Labute approximate surface area is 213 Å². The highest BCUT2D eigenvalue weighted by Gasteiger charge is 2.47. The Morgan fingerprint density at radius 3 is 2.50 bits per heavy atom. The van der Waals surface area contributed by atoms with Gasteiger partial charge in [-0.15, -0.1) is 0 Å². The number of ether oxygens (including phenoxy) is 3. The summed E-state index contributed by atoms with van der Waals surface area (Å²) in [4.78, 5) is 40.2. The molecule has 0 amide bonds. The minimum atomic E-state index is -0.911. The highest BCUT2D eigenvalue weighted by Crippen LogP contribution is 2.46. The third-order valence-electron chi connectivity index (χ3n) is 7.54. The topological polar surface area (TPSA) is 90.9 Å². The smallest absolute Gasteiger partial charge is 0.337 e. The van der Waals surface area contributed by atoms with Gasteiger partial charge in [-0.05, 0) is 69.6 Å². The van der Waals surface area contributed by atoms with Crippen LogP contribution in [0.3, 0.4) is 0 Å². The molecular formula is C29H37NO6. The molecule has 1 aromatic carbocycles. The van der Waals surface area contributed by atoms with Crippen molar-refractivity contribution in [3.63, 3.8) is 0 Å². The number of hydrogen-bond acceptors (Lipinski definition) is 7. The van der Waals surface area contributed by atoms with E-state index in [-0.39, 0.29) is 17.8 Å². The maximum absolute atomic E-state index is 13.9. The van der Waals surface area contributed by atoms with Gasteiger partial charge in [0, 0.05) is 22.9 Å². The predicted octanol–water partition coefficient (Wildman–Crippen LogP) is 4.96. The normalized spacial score (nSPS) is 25.0. The SMILES string of the molecule is CCOc1cccc([C@H]2C(C(=O)OC3CCCCCC3)=C(C)NC3=C2C(=O)[C@@H](C(=O)OC)[C@@H](C)C3)c1. The van der Waals surface area contributed by atoms with E-state index < -0.39 is 23.8 Å². The van der Waals surface area contributed by atoms with Crippen LogP contribution < -0.4 is 10.1 Å². The number of dihydropyridines is 1. The third-order valence-corrected chi connectivity index (χ3v) is 7.54. The van der Waals surface area contributed by atoms with Gasteiger partial charge >= 0.3 is 11.9 Å². The Hall–Kier alpha value is -3.09. The molecule has 0 radical (unpaired) electrons. The second-order valence-electron chi connectivity index (χ2n) is 10.1. The summed E-state index contributed by atoms with van der Waals surface area (Å²) in [5.74, 6) is -2.40. The number of carbonyl (C=O) groups is 3. The van der Waals surface area contributed by atoms with Gasteiger partial charge in [-0.1, -0.05) is 31.9 Å². The van der Waals surface area contributed by atoms with Crippen LogP contribution in [0, 0.1) is 11.8 Å². The summed E-state index contributed by atoms with van der Waals surface area (Å²) in [7, 11) is 1.30. The van der Waals surface area contributed by atoms with Gasteiger partial charge in [-0.3, -0.25) is 9.59 Å². The molecule has 2 aliphatic carbocycles. The van der Waals surface area contributed by atoms with E-state index in [1.165, 1.54) is 7.11 Å². The molecule has 7 heteroatoms. The fourth-order valence-corrected chi connectivity index (χ4v) is 5.81. The van der Waals surface area contributed by atoms with Gasteiger partial charge in [0.15, 0.2) is 5.78 Å². The van der Waals surface area contributed by atoms with Crippen molar-refractivity contribution in [1.29, 1.82) is 0 Å². The summed E-state index contributed by atoms with van der Waals surface area (Å²) in [6, 6.07) is 7.48. The van der Waals surface area contributed by atoms with Crippen LogP contribution in [0.1, 0.15) is 77.2 Å². The van der Waals surface area contributed by atoms with Crippen molar-refractivity contribution >= 4 is 17.7 Å². The van der Waals surface area contributed by atoms with Gasteiger partial charge in [0.25, 0.3) is 0 Å². The van der Waals surface area contributed by atoms with Crippen molar-refractivity contribution in [3.8, 4) is 5.75 Å². The summed E-state index contributed by atoms with van der Waals surface area (Å²) >= 11 is 0. The van der Waals surface area contributed by atoms with Crippen LogP contribution in [0.4, 0.5) is 0 Å². The van der Waals surface area contributed by atoms with E-state index in [4.69, 9.17) is 14.2 Å². The Balaban J connectivity index is 1.78. The number of carbonyl (C=O) groups excluding carboxylic acids is 3. The Bertz CT molecular complexity index is 1080. The lowest BCUT2D eigenvalue weighted by Gasteiger charge is -2.38. The molecule has 0 bridgehead atoms. The first-order valence-electron chi connectivity index (χ1n) is 13.1. The van der Waals surface area contributed by atoms with Crippen LogP contribution in [-0.4, -0.2) is 37.5 Å². The maximum Gasteiger partial charge on any atom is 0.337 e. The molecule has 1 aromatic rings. The van der Waals surface area contributed by atoms with Crippen LogP contribution in [0.15, 0.2) is 46.8 Å². The minimum Gasteiger partial charge on any atom is -0.494 e. The molecule has 0 aromatic heterocycles. The first-order chi connectivity index (χ1) is 17.3. The molecule has 0 unspecified atom stereocenters. The fraction of sp³-hybridized carbons (Fsp3) is 0.552. The molecule has 7 nitrogen and oxygen atoms in total. The Kier molecular flexibility index (Phi) is 8.17. The minimum absolute atomic E-state index is 0.129. The van der Waals surface area contributed by atoms with Crippen molar-refractivity contribution in [2.75, 3.05) is 13.7 Å². The number of ketones is 1. The van der Waals surface area contributed by atoms with Gasteiger partial charge in [0.05, 0.1) is 19.3 Å². The molecule has 3 aliphatic rings. The molecule has 1 N–H and O–H groups in total. The number of methoxy groups -OCH3 is 1. The van der Waals surface area contributed by atoms with E-state index in [2.05, 4.69) is 5.32 Å². The molecule has 4 rings (SSSR count). The van der Waals surface area contributed by atoms with E-state index >= 15 is 0 Å². The standard InChI is InChI=1S/C29H37NO6/c1-5-35-21-14-10-11-19(16-21)25-24(29(33)36-20-12-8-6-7-9-13-20)18(3)30-22-15-17(2)23(28(32)34-4)27(31)26(22)25/h10-11,14,16-17,20,23,25,30H,5-9,12-13,15H2,1-4H3/t17-,23-,25-/m0/s1. The molecule has 1 heterocycles. The molecule has 0 spiro atoms. The average molecular weight is 496 g/mol. The van der Waals surface area contributed by atoms with Crippen molar-refractivity contribution in [2.24, 2.45) is 11.8 Å². The third kappa shape index (κ3) is 5.20. The summed E-state index contributed by atoms with van der Waals surface area (Å²) in [5.41, 5.74) is 3.04. The zero-order chi connectivity index (χ0) is 25.8. The van der Waals surface area contributed by atoms with E-state index in [0.717, 1.165) is 49.8 Å². The van der Waals surface area contributed by atoms with Crippen molar-refractivity contribution in [3.05, 3.63) is 52.4 Å². The number of allylic oxidation sites excluding steroid dienone is 3. The van der Waals surface area contributed by atoms with Gasteiger partial charge < -0.3 is 19.5 Å². The van der Waals surface area contributed by atoms with Gasteiger partial charge in [0.2, 0.25) is 0 Å². The molecule has 36 heavy (non-hydrogen) atoms. The summed E-state index contributed by atoms with van der Waals surface area (Å²) in [5, 5.41) is 3.33. The Morgan fingerprint density at radius 2 is 1.83 bits per heavy atom. The first kappa shape index (κ1) is 26.0. The fourth-order valence-electron chi connectivity index (χ4n) is 5.81. The number of hydrogen-bond donors (Lipinski definition) is 1. The van der Waals surface area contributed by atoms with Gasteiger partial charge in [0.1, 0.15) is 17.8 Å². The van der Waals surface area contributed by atoms with Crippen LogP contribution in [0.25, 0.3) is 0 Å². The summed E-state index contributed by atoms with van der Waals surface area (Å²) < 4.78 is 16.8. The zero-order valence-corrected chi connectivity index (χ0v) is 21.7. The number of esters is 2. The van der Waals surface area contributed by atoms with Crippen LogP contribution in [0.2, 0.25) is 0 Å². The molecule has 194 valence electrons. The monoisotopic (exact) mass is 495 g/mol. The lowest BCUT2D eigenvalue weighted by atomic mass is 9.69. The lowest BCUT2D eigenvalue weighted by Crippen LogP contribution is -2.43. The molecule has 0 saturated heterocycles. The van der Waals surface area contributed by atoms with Crippen LogP contribution in [-0.2, 0) is 23.9 Å². The quantitative estimate of drug-likeness (QED) is 0.339.